The fourth-order valence-electron chi connectivity index (χ4n) is 1.49. The fourth-order valence-corrected chi connectivity index (χ4v) is 1.49. The maximum Gasteiger partial charge on any atom is 0.119 e. The van der Waals surface area contributed by atoms with E-state index in [0.717, 1.165) is 22.0 Å². The highest BCUT2D eigenvalue weighted by Crippen LogP contribution is 2.27. The molecule has 0 radical (unpaired) electrons. The Bertz CT molecular complexity index is 463. The van der Waals surface area contributed by atoms with Crippen LogP contribution in [-0.2, 0) is 0 Å². The molecular weight excluding hydrogens is 162 g/mol. The van der Waals surface area contributed by atoms with E-state index < -0.39 is 0 Å². The minimum absolute atomic E-state index is 0.331. The Morgan fingerprint density at radius 2 is 1.92 bits per heavy atom. The fraction of sp³-hybridized carbons (Fsp3) is 0.0909. The van der Waals surface area contributed by atoms with Gasteiger partial charge in [0.15, 0.2) is 0 Å². The number of aromatic hydroxyl groups is 1. The lowest BCUT2D eigenvalue weighted by atomic mass is 10.0. The Morgan fingerprint density at radius 1 is 1.15 bits per heavy atom. The molecule has 2 aromatic carbocycles. The molecule has 0 unspecified atom stereocenters. The van der Waals surface area contributed by atoms with Gasteiger partial charge in [-0.05, 0) is 41.5 Å². The minimum Gasteiger partial charge on any atom is -0.508 e. The second-order valence-electron chi connectivity index (χ2n) is 3.19. The average molecular weight is 173 g/mol. The van der Waals surface area contributed by atoms with E-state index in [1.54, 1.807) is 6.07 Å². The minimum atomic E-state index is 0.331. The van der Waals surface area contributed by atoms with Gasteiger partial charge in [0.25, 0.3) is 0 Å². The quantitative estimate of drug-likeness (QED) is 0.601. The van der Waals surface area contributed by atoms with Crippen molar-refractivity contribution in [2.45, 2.75) is 6.92 Å². The van der Waals surface area contributed by atoms with Crippen molar-refractivity contribution >= 4 is 16.5 Å². The highest BCUT2D eigenvalue weighted by molar-refractivity contribution is 5.89. The van der Waals surface area contributed by atoms with Crippen molar-refractivity contribution in [2.24, 2.45) is 0 Å². The van der Waals surface area contributed by atoms with E-state index in [-0.39, 0.29) is 0 Å². The van der Waals surface area contributed by atoms with Crippen molar-refractivity contribution in [2.75, 3.05) is 5.73 Å². The zero-order chi connectivity index (χ0) is 9.42. The first kappa shape index (κ1) is 7.92. The van der Waals surface area contributed by atoms with Crippen LogP contribution in [0, 0.1) is 6.92 Å². The summed E-state index contributed by atoms with van der Waals surface area (Å²) in [4.78, 5) is 0. The summed E-state index contributed by atoms with van der Waals surface area (Å²) in [5.41, 5.74) is 7.30. The molecule has 0 aliphatic rings. The van der Waals surface area contributed by atoms with Gasteiger partial charge in [0.1, 0.15) is 5.75 Å². The van der Waals surface area contributed by atoms with E-state index in [1.165, 1.54) is 0 Å². The number of hydrogen-bond acceptors (Lipinski definition) is 2. The molecule has 0 aliphatic carbocycles. The molecule has 0 heterocycles. The summed E-state index contributed by atoms with van der Waals surface area (Å²) in [5.74, 6) is 0.331. The number of fused-ring (bicyclic) bond motifs is 1. The van der Waals surface area contributed by atoms with Gasteiger partial charge in [-0.15, -0.1) is 0 Å². The summed E-state index contributed by atoms with van der Waals surface area (Å²) < 4.78 is 0. The van der Waals surface area contributed by atoms with Crippen LogP contribution in [-0.4, -0.2) is 5.11 Å². The Labute approximate surface area is 76.6 Å². The summed E-state index contributed by atoms with van der Waals surface area (Å²) in [7, 11) is 0. The van der Waals surface area contributed by atoms with E-state index in [4.69, 9.17) is 5.73 Å². The molecule has 0 amide bonds. The highest BCUT2D eigenvalue weighted by atomic mass is 16.3. The average Bonchev–Trinajstić information content (AvgIpc) is 2.12. The standard InChI is InChI=1S/C11H11NO/c1-7-10-4-3-9(12)6-8(10)2-5-11(7)13/h2-6,13H,12H2,1H3. The lowest BCUT2D eigenvalue weighted by molar-refractivity contribution is 0.472. The summed E-state index contributed by atoms with van der Waals surface area (Å²) in [6.07, 6.45) is 0. The van der Waals surface area contributed by atoms with Crippen molar-refractivity contribution < 1.29 is 5.11 Å². The maximum atomic E-state index is 9.46. The number of anilines is 1. The van der Waals surface area contributed by atoms with Crippen molar-refractivity contribution in [3.63, 3.8) is 0 Å². The zero-order valence-electron chi connectivity index (χ0n) is 7.41. The van der Waals surface area contributed by atoms with E-state index in [1.807, 2.05) is 31.2 Å². The number of aryl methyl sites for hydroxylation is 1. The van der Waals surface area contributed by atoms with Gasteiger partial charge in [0.2, 0.25) is 0 Å². The first-order chi connectivity index (χ1) is 6.18. The summed E-state index contributed by atoms with van der Waals surface area (Å²) in [5, 5.41) is 11.6. The summed E-state index contributed by atoms with van der Waals surface area (Å²) in [6, 6.07) is 9.24. The Morgan fingerprint density at radius 3 is 2.69 bits per heavy atom. The second kappa shape index (κ2) is 2.66. The molecule has 2 rings (SSSR count). The van der Waals surface area contributed by atoms with Crippen LogP contribution < -0.4 is 5.73 Å². The predicted octanol–water partition coefficient (Wildman–Crippen LogP) is 2.44. The van der Waals surface area contributed by atoms with E-state index in [9.17, 15) is 5.11 Å². The normalized spacial score (nSPS) is 10.5. The molecule has 2 heteroatoms. The third kappa shape index (κ3) is 1.20. The highest BCUT2D eigenvalue weighted by Gasteiger charge is 2.01. The van der Waals surface area contributed by atoms with Gasteiger partial charge < -0.3 is 10.8 Å². The molecule has 0 aromatic heterocycles. The predicted molar refractivity (Wildman–Crippen MR) is 54.8 cm³/mol. The largest absolute Gasteiger partial charge is 0.508 e. The van der Waals surface area contributed by atoms with Crippen molar-refractivity contribution in [1.82, 2.24) is 0 Å². The van der Waals surface area contributed by atoms with Crippen LogP contribution in [0.2, 0.25) is 0 Å². The lowest BCUT2D eigenvalue weighted by Gasteiger charge is -2.04. The molecule has 0 aliphatic heterocycles. The van der Waals surface area contributed by atoms with Gasteiger partial charge in [0, 0.05) is 5.69 Å². The number of phenols is 1. The molecule has 0 spiro atoms. The summed E-state index contributed by atoms with van der Waals surface area (Å²) in [6.45, 7) is 1.90. The molecule has 2 aromatic rings. The molecule has 0 saturated heterocycles. The van der Waals surface area contributed by atoms with Gasteiger partial charge >= 0.3 is 0 Å². The third-order valence-electron chi connectivity index (χ3n) is 2.28. The van der Waals surface area contributed by atoms with Crippen LogP contribution >= 0.6 is 0 Å². The number of phenolic OH excluding ortho intramolecular Hbond substituents is 1. The maximum absolute atomic E-state index is 9.46. The van der Waals surface area contributed by atoms with Crippen LogP contribution in [0.4, 0.5) is 5.69 Å². The van der Waals surface area contributed by atoms with Gasteiger partial charge in [-0.1, -0.05) is 12.1 Å². The molecule has 0 saturated carbocycles. The van der Waals surface area contributed by atoms with Crippen LogP contribution in [0.25, 0.3) is 10.8 Å². The molecule has 2 nitrogen and oxygen atoms in total. The van der Waals surface area contributed by atoms with Crippen molar-refractivity contribution in [3.8, 4) is 5.75 Å². The molecule has 0 fully saturated rings. The number of rotatable bonds is 0. The molecular formula is C11H11NO. The lowest BCUT2D eigenvalue weighted by Crippen LogP contribution is -1.85. The zero-order valence-corrected chi connectivity index (χ0v) is 7.41. The molecule has 0 atom stereocenters. The topological polar surface area (TPSA) is 46.2 Å². The van der Waals surface area contributed by atoms with Gasteiger partial charge in [-0.3, -0.25) is 0 Å². The van der Waals surface area contributed by atoms with Gasteiger partial charge in [0.05, 0.1) is 0 Å². The van der Waals surface area contributed by atoms with Gasteiger partial charge in [-0.2, -0.15) is 0 Å². The van der Waals surface area contributed by atoms with Gasteiger partial charge in [-0.25, -0.2) is 0 Å². The molecule has 66 valence electrons. The first-order valence-corrected chi connectivity index (χ1v) is 4.16. The van der Waals surface area contributed by atoms with Crippen molar-refractivity contribution in [1.29, 1.82) is 0 Å². The van der Waals surface area contributed by atoms with Crippen LogP contribution in [0.1, 0.15) is 5.56 Å². The number of nitrogen functional groups attached to an aromatic ring is 1. The number of nitrogens with two attached hydrogens (primary N) is 1. The molecule has 0 bridgehead atoms. The van der Waals surface area contributed by atoms with E-state index in [2.05, 4.69) is 0 Å². The monoisotopic (exact) mass is 173 g/mol. The van der Waals surface area contributed by atoms with E-state index in [0.29, 0.717) is 5.75 Å². The summed E-state index contributed by atoms with van der Waals surface area (Å²) >= 11 is 0. The van der Waals surface area contributed by atoms with E-state index >= 15 is 0 Å². The number of hydrogen-bond donors (Lipinski definition) is 2. The smallest absolute Gasteiger partial charge is 0.119 e. The van der Waals surface area contributed by atoms with Crippen LogP contribution in [0.15, 0.2) is 30.3 Å². The second-order valence-corrected chi connectivity index (χ2v) is 3.19. The third-order valence-corrected chi connectivity index (χ3v) is 2.28. The Kier molecular flexibility index (Phi) is 1.62. The van der Waals surface area contributed by atoms with Crippen LogP contribution in [0.3, 0.4) is 0 Å². The first-order valence-electron chi connectivity index (χ1n) is 4.16. The Balaban J connectivity index is 2.87. The SMILES string of the molecule is Cc1c(O)ccc2cc(N)ccc12. The molecule has 13 heavy (non-hydrogen) atoms. The van der Waals surface area contributed by atoms with Crippen molar-refractivity contribution in [3.05, 3.63) is 35.9 Å². The molecule has 3 N–H and O–H groups in total. The Hall–Kier alpha value is -1.70. The number of benzene rings is 2. The van der Waals surface area contributed by atoms with Crippen LogP contribution in [0.5, 0.6) is 5.75 Å².